The first-order valence-corrected chi connectivity index (χ1v) is 10.7. The molecule has 1 N–H and O–H groups in total. The SMILES string of the molecule is Cc1ccc(C)c(-n2ncc(NC(=O)c3cc(S(C)(=O)=O)ccc3C)c2C)c1. The van der Waals surface area contributed by atoms with Crippen molar-refractivity contribution in [3.63, 3.8) is 0 Å². The number of hydrogen-bond donors (Lipinski definition) is 1. The number of hydrogen-bond acceptors (Lipinski definition) is 4. The van der Waals surface area contributed by atoms with Crippen LogP contribution in [0.15, 0.2) is 47.5 Å². The van der Waals surface area contributed by atoms with Crippen molar-refractivity contribution in [1.82, 2.24) is 9.78 Å². The first-order chi connectivity index (χ1) is 13.1. The van der Waals surface area contributed by atoms with Gasteiger partial charge in [-0.1, -0.05) is 18.2 Å². The quantitative estimate of drug-likeness (QED) is 0.727. The zero-order valence-electron chi connectivity index (χ0n) is 16.6. The second kappa shape index (κ2) is 7.24. The predicted octanol–water partition coefficient (Wildman–Crippen LogP) is 3.76. The normalized spacial score (nSPS) is 11.5. The van der Waals surface area contributed by atoms with E-state index in [2.05, 4.69) is 10.4 Å². The molecule has 1 heterocycles. The van der Waals surface area contributed by atoms with Crippen molar-refractivity contribution in [2.75, 3.05) is 11.6 Å². The Morgan fingerprint density at radius 1 is 1.00 bits per heavy atom. The number of nitrogens with one attached hydrogen (secondary N) is 1. The number of rotatable bonds is 4. The summed E-state index contributed by atoms with van der Waals surface area (Å²) in [5.74, 6) is -0.369. The number of anilines is 1. The smallest absolute Gasteiger partial charge is 0.256 e. The highest BCUT2D eigenvalue weighted by Gasteiger charge is 2.17. The van der Waals surface area contributed by atoms with Crippen LogP contribution in [0.3, 0.4) is 0 Å². The van der Waals surface area contributed by atoms with Crippen LogP contribution >= 0.6 is 0 Å². The average molecular weight is 398 g/mol. The minimum absolute atomic E-state index is 0.117. The molecular weight excluding hydrogens is 374 g/mol. The molecule has 0 aliphatic rings. The maximum atomic E-state index is 12.8. The monoisotopic (exact) mass is 397 g/mol. The Balaban J connectivity index is 1.95. The predicted molar refractivity (Wildman–Crippen MR) is 110 cm³/mol. The lowest BCUT2D eigenvalue weighted by Gasteiger charge is -2.11. The number of aromatic nitrogens is 2. The van der Waals surface area contributed by atoms with Gasteiger partial charge in [-0.15, -0.1) is 0 Å². The Kier molecular flexibility index (Phi) is 5.12. The highest BCUT2D eigenvalue weighted by molar-refractivity contribution is 7.90. The van der Waals surface area contributed by atoms with E-state index in [1.54, 1.807) is 23.9 Å². The van der Waals surface area contributed by atoms with E-state index in [0.717, 1.165) is 28.8 Å². The van der Waals surface area contributed by atoms with Crippen molar-refractivity contribution in [1.29, 1.82) is 0 Å². The summed E-state index contributed by atoms with van der Waals surface area (Å²) < 4.78 is 25.4. The van der Waals surface area contributed by atoms with Gasteiger partial charge in [0.1, 0.15) is 0 Å². The van der Waals surface area contributed by atoms with Crippen LogP contribution in [0, 0.1) is 27.7 Å². The summed E-state index contributed by atoms with van der Waals surface area (Å²) in [6.45, 7) is 7.67. The molecule has 0 atom stereocenters. The van der Waals surface area contributed by atoms with E-state index in [1.165, 1.54) is 12.1 Å². The van der Waals surface area contributed by atoms with Crippen LogP contribution < -0.4 is 5.32 Å². The second-order valence-electron chi connectivity index (χ2n) is 7.05. The molecule has 0 saturated carbocycles. The summed E-state index contributed by atoms with van der Waals surface area (Å²) in [5, 5.41) is 7.27. The third kappa shape index (κ3) is 3.84. The Morgan fingerprint density at radius 3 is 2.36 bits per heavy atom. The van der Waals surface area contributed by atoms with Gasteiger partial charge >= 0.3 is 0 Å². The fourth-order valence-electron chi connectivity index (χ4n) is 2.99. The van der Waals surface area contributed by atoms with Gasteiger partial charge < -0.3 is 5.32 Å². The number of carbonyl (C=O) groups is 1. The van der Waals surface area contributed by atoms with E-state index in [9.17, 15) is 13.2 Å². The van der Waals surface area contributed by atoms with E-state index >= 15 is 0 Å². The zero-order valence-corrected chi connectivity index (χ0v) is 17.4. The number of benzene rings is 2. The maximum absolute atomic E-state index is 12.8. The van der Waals surface area contributed by atoms with E-state index in [1.807, 2.05) is 39.0 Å². The van der Waals surface area contributed by atoms with Crippen LogP contribution in [0.5, 0.6) is 0 Å². The van der Waals surface area contributed by atoms with Crippen LogP contribution in [-0.2, 0) is 9.84 Å². The molecule has 0 bridgehead atoms. The Bertz CT molecular complexity index is 1180. The number of aryl methyl sites for hydroxylation is 3. The lowest BCUT2D eigenvalue weighted by Crippen LogP contribution is -2.15. The van der Waals surface area contributed by atoms with Gasteiger partial charge in [0.2, 0.25) is 0 Å². The topological polar surface area (TPSA) is 81.1 Å². The first-order valence-electron chi connectivity index (χ1n) is 8.82. The van der Waals surface area contributed by atoms with Gasteiger partial charge in [-0.2, -0.15) is 5.10 Å². The maximum Gasteiger partial charge on any atom is 0.256 e. The first kappa shape index (κ1) is 19.8. The Hall–Kier alpha value is -2.93. The van der Waals surface area contributed by atoms with Crippen molar-refractivity contribution < 1.29 is 13.2 Å². The fraction of sp³-hybridized carbons (Fsp3) is 0.238. The zero-order chi connectivity index (χ0) is 20.6. The molecule has 0 fully saturated rings. The van der Waals surface area contributed by atoms with Crippen molar-refractivity contribution in [3.05, 3.63) is 70.5 Å². The van der Waals surface area contributed by atoms with Crippen molar-refractivity contribution in [2.45, 2.75) is 32.6 Å². The van der Waals surface area contributed by atoms with E-state index < -0.39 is 9.84 Å². The van der Waals surface area contributed by atoms with Crippen LogP contribution in [0.1, 0.15) is 32.7 Å². The molecular formula is C21H23N3O3S. The number of sulfone groups is 1. The summed E-state index contributed by atoms with van der Waals surface area (Å²) in [6, 6.07) is 10.7. The molecule has 28 heavy (non-hydrogen) atoms. The summed E-state index contributed by atoms with van der Waals surface area (Å²) in [4.78, 5) is 12.9. The summed E-state index contributed by atoms with van der Waals surface area (Å²) >= 11 is 0. The Labute approximate surface area is 165 Å². The van der Waals surface area contributed by atoms with Crippen molar-refractivity contribution in [2.24, 2.45) is 0 Å². The van der Waals surface area contributed by atoms with Crippen molar-refractivity contribution in [3.8, 4) is 5.69 Å². The summed E-state index contributed by atoms with van der Waals surface area (Å²) in [5.41, 5.74) is 5.54. The van der Waals surface area contributed by atoms with E-state index in [-0.39, 0.29) is 10.8 Å². The highest BCUT2D eigenvalue weighted by atomic mass is 32.2. The molecule has 6 nitrogen and oxygen atoms in total. The van der Waals surface area contributed by atoms with E-state index in [0.29, 0.717) is 16.8 Å². The molecule has 0 radical (unpaired) electrons. The van der Waals surface area contributed by atoms with Crippen LogP contribution in [0.2, 0.25) is 0 Å². The molecule has 146 valence electrons. The minimum atomic E-state index is -3.39. The molecule has 0 aliphatic heterocycles. The molecule has 3 rings (SSSR count). The summed E-state index contributed by atoms with van der Waals surface area (Å²) in [6.07, 6.45) is 2.72. The lowest BCUT2D eigenvalue weighted by molar-refractivity contribution is 0.102. The highest BCUT2D eigenvalue weighted by Crippen LogP contribution is 2.23. The van der Waals surface area contributed by atoms with Crippen LogP contribution in [0.4, 0.5) is 5.69 Å². The molecule has 7 heteroatoms. The number of nitrogens with zero attached hydrogens (tertiary/aromatic N) is 2. The molecule has 0 spiro atoms. The van der Waals surface area contributed by atoms with Crippen LogP contribution in [-0.4, -0.2) is 30.4 Å². The van der Waals surface area contributed by atoms with Gasteiger partial charge in [0.05, 0.1) is 28.2 Å². The van der Waals surface area contributed by atoms with Gasteiger partial charge in [0.15, 0.2) is 9.84 Å². The number of carbonyl (C=O) groups excluding carboxylic acids is 1. The molecule has 0 saturated heterocycles. The lowest BCUT2D eigenvalue weighted by atomic mass is 10.1. The molecule has 1 aromatic heterocycles. The molecule has 0 aliphatic carbocycles. The van der Waals surface area contributed by atoms with Gasteiger partial charge in [0.25, 0.3) is 5.91 Å². The van der Waals surface area contributed by atoms with Gasteiger partial charge in [0, 0.05) is 11.8 Å². The fourth-order valence-corrected chi connectivity index (χ4v) is 3.64. The van der Waals surface area contributed by atoms with Gasteiger partial charge in [-0.25, -0.2) is 13.1 Å². The molecule has 2 aromatic carbocycles. The van der Waals surface area contributed by atoms with E-state index in [4.69, 9.17) is 0 Å². The summed E-state index contributed by atoms with van der Waals surface area (Å²) in [7, 11) is -3.39. The average Bonchev–Trinajstić information content (AvgIpc) is 2.97. The van der Waals surface area contributed by atoms with Crippen molar-refractivity contribution >= 4 is 21.4 Å². The third-order valence-electron chi connectivity index (χ3n) is 4.73. The number of amides is 1. The third-order valence-corrected chi connectivity index (χ3v) is 5.84. The van der Waals surface area contributed by atoms with Gasteiger partial charge in [-0.3, -0.25) is 4.79 Å². The van der Waals surface area contributed by atoms with Crippen LogP contribution in [0.25, 0.3) is 5.69 Å². The molecule has 1 amide bonds. The minimum Gasteiger partial charge on any atom is -0.319 e. The largest absolute Gasteiger partial charge is 0.319 e. The second-order valence-corrected chi connectivity index (χ2v) is 9.06. The Morgan fingerprint density at radius 2 is 1.68 bits per heavy atom. The van der Waals surface area contributed by atoms with Gasteiger partial charge in [-0.05, 0) is 62.6 Å². The standard InChI is InChI=1S/C21H23N3O3S/c1-13-6-7-15(3)20(10-13)24-16(4)19(12-22-24)23-21(25)18-11-17(28(5,26)27)9-8-14(18)2/h6-12H,1-5H3,(H,23,25). The molecule has 3 aromatic rings. The molecule has 0 unspecified atom stereocenters.